The molecule has 1 N–H and O–H groups in total. The van der Waals surface area contributed by atoms with Gasteiger partial charge in [-0.2, -0.15) is 0 Å². The van der Waals surface area contributed by atoms with Gasteiger partial charge in [0.15, 0.2) is 0 Å². The molecule has 0 spiro atoms. The minimum absolute atomic E-state index is 0.333. The van der Waals surface area contributed by atoms with Crippen LogP contribution in [0, 0.1) is 17.3 Å². The molecule has 0 radical (unpaired) electrons. The molecule has 25 heavy (non-hydrogen) atoms. The molecule has 0 aliphatic heterocycles. The highest BCUT2D eigenvalue weighted by atomic mass is 16.5. The Hall–Kier alpha value is -0.340. The number of aliphatic hydroxyl groups is 1. The first-order chi connectivity index (χ1) is 12.2. The van der Waals surface area contributed by atoms with Crippen molar-refractivity contribution < 1.29 is 9.84 Å². The van der Waals surface area contributed by atoms with E-state index in [1.54, 1.807) is 5.57 Å². The van der Waals surface area contributed by atoms with Crippen LogP contribution in [0.2, 0.25) is 0 Å². The molecule has 2 aliphatic rings. The Morgan fingerprint density at radius 2 is 2.12 bits per heavy atom. The summed E-state index contributed by atoms with van der Waals surface area (Å²) in [6.45, 7) is 3.52. The van der Waals surface area contributed by atoms with Gasteiger partial charge in [-0.05, 0) is 55.8 Å². The van der Waals surface area contributed by atoms with E-state index in [0.717, 1.165) is 18.9 Å². The smallest absolute Gasteiger partial charge is 0.0493 e. The monoisotopic (exact) mass is 350 g/mol. The van der Waals surface area contributed by atoms with Gasteiger partial charge in [-0.3, -0.25) is 0 Å². The van der Waals surface area contributed by atoms with E-state index < -0.39 is 0 Å². The van der Waals surface area contributed by atoms with Gasteiger partial charge >= 0.3 is 0 Å². The van der Waals surface area contributed by atoms with Gasteiger partial charge in [0.1, 0.15) is 0 Å². The van der Waals surface area contributed by atoms with Gasteiger partial charge in [0.05, 0.1) is 0 Å². The van der Waals surface area contributed by atoms with Crippen molar-refractivity contribution in [3.8, 4) is 0 Å². The Labute approximate surface area is 156 Å². The molecule has 0 aromatic heterocycles. The van der Waals surface area contributed by atoms with E-state index in [0.29, 0.717) is 17.9 Å². The number of methoxy groups -OCH3 is 1. The highest BCUT2D eigenvalue weighted by Crippen LogP contribution is 2.54. The molecule has 0 heterocycles. The molecule has 2 saturated carbocycles. The number of hydrogen-bond acceptors (Lipinski definition) is 2. The minimum atomic E-state index is 0.333. The Kier molecular flexibility index (Phi) is 9.55. The van der Waals surface area contributed by atoms with Crippen LogP contribution in [0.15, 0.2) is 11.6 Å². The van der Waals surface area contributed by atoms with Crippen molar-refractivity contribution in [2.24, 2.45) is 17.3 Å². The van der Waals surface area contributed by atoms with Gasteiger partial charge in [-0.1, -0.05) is 69.9 Å². The van der Waals surface area contributed by atoms with Crippen LogP contribution in [0.3, 0.4) is 0 Å². The van der Waals surface area contributed by atoms with E-state index in [2.05, 4.69) is 13.0 Å². The van der Waals surface area contributed by atoms with Crippen LogP contribution in [0.4, 0.5) is 0 Å². The Morgan fingerprint density at radius 3 is 2.88 bits per heavy atom. The summed E-state index contributed by atoms with van der Waals surface area (Å²) in [7, 11) is 1.84. The van der Waals surface area contributed by atoms with Crippen LogP contribution in [0.1, 0.15) is 96.8 Å². The third kappa shape index (κ3) is 6.40. The van der Waals surface area contributed by atoms with Crippen LogP contribution < -0.4 is 0 Å². The first-order valence-corrected chi connectivity index (χ1v) is 11.0. The number of fused-ring (bicyclic) bond motifs is 2. The third-order valence-corrected chi connectivity index (χ3v) is 6.79. The van der Waals surface area contributed by atoms with Gasteiger partial charge in [-0.25, -0.2) is 0 Å². The van der Waals surface area contributed by atoms with Gasteiger partial charge < -0.3 is 9.84 Å². The maximum atomic E-state index is 9.69. The third-order valence-electron chi connectivity index (χ3n) is 6.79. The van der Waals surface area contributed by atoms with E-state index in [9.17, 15) is 5.11 Å². The second-order valence-electron chi connectivity index (χ2n) is 8.76. The molecule has 2 nitrogen and oxygen atoms in total. The Morgan fingerprint density at radius 1 is 1.24 bits per heavy atom. The van der Waals surface area contributed by atoms with Crippen molar-refractivity contribution in [2.45, 2.75) is 96.8 Å². The van der Waals surface area contributed by atoms with Crippen LogP contribution in [-0.2, 0) is 4.74 Å². The van der Waals surface area contributed by atoms with Gasteiger partial charge in [-0.15, -0.1) is 0 Å². The van der Waals surface area contributed by atoms with Crippen molar-refractivity contribution in [1.82, 2.24) is 0 Å². The standard InChI is InChI=1S/C23H42O2/c1-3-4-5-7-10-20(19-25-2)12-13-22-17-21-11-8-6-9-14-23(22,18-21)15-16-24/h13,20-21,24H,3-12,14-19H2,1-2H3/b22-13+. The van der Waals surface area contributed by atoms with Gasteiger partial charge in [0.25, 0.3) is 0 Å². The van der Waals surface area contributed by atoms with Crippen molar-refractivity contribution in [2.75, 3.05) is 20.3 Å². The largest absolute Gasteiger partial charge is 0.396 e. The predicted molar refractivity (Wildman–Crippen MR) is 107 cm³/mol. The summed E-state index contributed by atoms with van der Waals surface area (Å²) in [6.07, 6.45) is 20.9. The molecule has 2 heteroatoms. The number of hydrogen-bond donors (Lipinski definition) is 1. The second kappa shape index (κ2) is 11.4. The maximum Gasteiger partial charge on any atom is 0.0493 e. The van der Waals surface area contributed by atoms with Crippen molar-refractivity contribution >= 4 is 0 Å². The SMILES string of the molecule is CCCCCCC(C/C=C1\CC2CCCCCC1(CCO)C2)COC. The predicted octanol–water partition coefficient (Wildman–Crippen LogP) is 6.28. The highest BCUT2D eigenvalue weighted by molar-refractivity contribution is 5.21. The molecule has 0 aromatic carbocycles. The zero-order valence-electron chi connectivity index (χ0n) is 16.9. The molecule has 2 fully saturated rings. The highest BCUT2D eigenvalue weighted by Gasteiger charge is 2.42. The van der Waals surface area contributed by atoms with Crippen molar-refractivity contribution in [3.63, 3.8) is 0 Å². The number of rotatable bonds is 11. The van der Waals surface area contributed by atoms with E-state index in [1.807, 2.05) is 7.11 Å². The lowest BCUT2D eigenvalue weighted by atomic mass is 9.73. The summed E-state index contributed by atoms with van der Waals surface area (Å²) in [6, 6.07) is 0. The van der Waals surface area contributed by atoms with Crippen LogP contribution >= 0.6 is 0 Å². The fourth-order valence-electron chi connectivity index (χ4n) is 5.40. The van der Waals surface area contributed by atoms with Crippen molar-refractivity contribution in [1.29, 1.82) is 0 Å². The van der Waals surface area contributed by atoms with Crippen LogP contribution in [-0.4, -0.2) is 25.4 Å². The van der Waals surface area contributed by atoms with Gasteiger partial charge in [0.2, 0.25) is 0 Å². The molecular weight excluding hydrogens is 308 g/mol. The fraction of sp³-hybridized carbons (Fsp3) is 0.913. The summed E-state index contributed by atoms with van der Waals surface area (Å²) < 4.78 is 5.51. The lowest BCUT2D eigenvalue weighted by Crippen LogP contribution is -2.22. The normalized spacial score (nSPS) is 29.6. The summed E-state index contributed by atoms with van der Waals surface area (Å²) in [5, 5.41) is 9.69. The lowest BCUT2D eigenvalue weighted by molar-refractivity contribution is 0.146. The average molecular weight is 351 g/mol. The molecule has 3 unspecified atom stereocenters. The van der Waals surface area contributed by atoms with Gasteiger partial charge in [0, 0.05) is 20.3 Å². The topological polar surface area (TPSA) is 29.5 Å². The molecule has 2 rings (SSSR count). The number of allylic oxidation sites excluding steroid dienone is 2. The number of ether oxygens (including phenoxy) is 1. The minimum Gasteiger partial charge on any atom is -0.396 e. The number of aliphatic hydroxyl groups excluding tert-OH is 1. The molecule has 146 valence electrons. The lowest BCUT2D eigenvalue weighted by Gasteiger charge is -2.32. The summed E-state index contributed by atoms with van der Waals surface area (Å²) in [5.74, 6) is 1.55. The molecule has 0 saturated heterocycles. The molecule has 2 bridgehead atoms. The Balaban J connectivity index is 1.99. The van der Waals surface area contributed by atoms with Crippen LogP contribution in [0.5, 0.6) is 0 Å². The first-order valence-electron chi connectivity index (χ1n) is 11.0. The summed E-state index contributed by atoms with van der Waals surface area (Å²) in [5.41, 5.74) is 2.03. The quantitative estimate of drug-likeness (QED) is 0.351. The van der Waals surface area contributed by atoms with Crippen LogP contribution in [0.25, 0.3) is 0 Å². The fourth-order valence-corrected chi connectivity index (χ4v) is 5.40. The van der Waals surface area contributed by atoms with Crippen molar-refractivity contribution in [3.05, 3.63) is 11.6 Å². The summed E-state index contributed by atoms with van der Waals surface area (Å²) in [4.78, 5) is 0. The van der Waals surface area contributed by atoms with E-state index in [1.165, 1.54) is 83.5 Å². The van der Waals surface area contributed by atoms with E-state index in [4.69, 9.17) is 4.74 Å². The zero-order valence-corrected chi connectivity index (χ0v) is 16.9. The first kappa shape index (κ1) is 21.0. The molecule has 3 atom stereocenters. The second-order valence-corrected chi connectivity index (χ2v) is 8.76. The Bertz CT molecular complexity index is 390. The number of unbranched alkanes of at least 4 members (excludes halogenated alkanes) is 3. The summed E-state index contributed by atoms with van der Waals surface area (Å²) >= 11 is 0. The van der Waals surface area contributed by atoms with E-state index >= 15 is 0 Å². The zero-order chi connectivity index (χ0) is 18.0. The molecule has 2 aliphatic carbocycles. The average Bonchev–Trinajstić information content (AvgIpc) is 2.95. The molecule has 0 amide bonds. The van der Waals surface area contributed by atoms with E-state index in [-0.39, 0.29) is 0 Å². The maximum absolute atomic E-state index is 9.69. The molecule has 0 aromatic rings. The molecular formula is C23H42O2.